The summed E-state index contributed by atoms with van der Waals surface area (Å²) in [6.45, 7) is 0. The van der Waals surface area contributed by atoms with Crippen LogP contribution in [0.5, 0.6) is 0 Å². The van der Waals surface area contributed by atoms with Crippen molar-refractivity contribution in [2.75, 3.05) is 5.88 Å². The Kier molecular flexibility index (Phi) is 4.65. The van der Waals surface area contributed by atoms with Crippen LogP contribution in [0.15, 0.2) is 48.5 Å². The van der Waals surface area contributed by atoms with E-state index < -0.39 is 6.10 Å². The van der Waals surface area contributed by atoms with Crippen LogP contribution in [-0.2, 0) is 6.42 Å². The van der Waals surface area contributed by atoms with E-state index in [2.05, 4.69) is 0 Å². The molecular weight excluding hydrogens is 267 g/mol. The fourth-order valence-electron chi connectivity index (χ4n) is 1.84. The number of hydrogen-bond donors (Lipinski definition) is 1. The van der Waals surface area contributed by atoms with Crippen LogP contribution in [0, 0.1) is 0 Å². The molecular formula is C15H14Cl2O. The Morgan fingerprint density at radius 2 is 1.67 bits per heavy atom. The maximum atomic E-state index is 9.49. The molecule has 0 aliphatic heterocycles. The zero-order valence-corrected chi connectivity index (χ0v) is 11.3. The zero-order chi connectivity index (χ0) is 13.0. The first-order valence-corrected chi connectivity index (χ1v) is 6.70. The molecule has 1 unspecified atom stereocenters. The van der Waals surface area contributed by atoms with Gasteiger partial charge in [0.05, 0.1) is 6.10 Å². The van der Waals surface area contributed by atoms with Gasteiger partial charge in [-0.3, -0.25) is 0 Å². The predicted molar refractivity (Wildman–Crippen MR) is 77.3 cm³/mol. The lowest BCUT2D eigenvalue weighted by Gasteiger charge is -2.08. The summed E-state index contributed by atoms with van der Waals surface area (Å²) in [5.41, 5.74) is 3.16. The van der Waals surface area contributed by atoms with Crippen LogP contribution in [0.25, 0.3) is 11.1 Å². The van der Waals surface area contributed by atoms with E-state index in [0.29, 0.717) is 6.42 Å². The highest BCUT2D eigenvalue weighted by atomic mass is 35.5. The Bertz CT molecular complexity index is 508. The second-order valence-electron chi connectivity index (χ2n) is 4.19. The summed E-state index contributed by atoms with van der Waals surface area (Å²) in [4.78, 5) is 0. The van der Waals surface area contributed by atoms with Crippen LogP contribution in [0.2, 0.25) is 5.02 Å². The molecule has 1 N–H and O–H groups in total. The summed E-state index contributed by atoms with van der Waals surface area (Å²) in [6, 6.07) is 15.8. The van der Waals surface area contributed by atoms with Gasteiger partial charge in [-0.1, -0.05) is 54.1 Å². The average Bonchev–Trinajstić information content (AvgIpc) is 2.40. The number of halogens is 2. The van der Waals surface area contributed by atoms with Crippen molar-refractivity contribution in [2.24, 2.45) is 0 Å². The van der Waals surface area contributed by atoms with Gasteiger partial charge in [-0.25, -0.2) is 0 Å². The van der Waals surface area contributed by atoms with E-state index in [-0.39, 0.29) is 5.88 Å². The second-order valence-corrected chi connectivity index (χ2v) is 4.90. The molecule has 0 saturated carbocycles. The number of hydrogen-bond acceptors (Lipinski definition) is 1. The third-order valence-electron chi connectivity index (χ3n) is 2.79. The van der Waals surface area contributed by atoms with Gasteiger partial charge in [-0.2, -0.15) is 0 Å². The second kappa shape index (κ2) is 6.24. The highest BCUT2D eigenvalue weighted by Crippen LogP contribution is 2.27. The molecule has 2 aromatic rings. The highest BCUT2D eigenvalue weighted by Gasteiger charge is 2.05. The van der Waals surface area contributed by atoms with E-state index in [0.717, 1.165) is 21.7 Å². The third kappa shape index (κ3) is 3.26. The Balaban J connectivity index is 2.20. The van der Waals surface area contributed by atoms with Crippen molar-refractivity contribution in [2.45, 2.75) is 12.5 Å². The summed E-state index contributed by atoms with van der Waals surface area (Å²) in [6.07, 6.45) is 0.0876. The summed E-state index contributed by atoms with van der Waals surface area (Å²) < 4.78 is 0. The minimum absolute atomic E-state index is 0.256. The first-order valence-electron chi connectivity index (χ1n) is 5.78. The lowest BCUT2D eigenvalue weighted by atomic mass is 10.0. The molecule has 94 valence electrons. The van der Waals surface area contributed by atoms with Crippen molar-refractivity contribution in [1.82, 2.24) is 0 Å². The van der Waals surface area contributed by atoms with E-state index in [1.54, 1.807) is 0 Å². The van der Waals surface area contributed by atoms with Gasteiger partial charge in [0.15, 0.2) is 0 Å². The van der Waals surface area contributed by atoms with Gasteiger partial charge in [0.25, 0.3) is 0 Å². The van der Waals surface area contributed by atoms with E-state index in [1.807, 2.05) is 48.5 Å². The summed E-state index contributed by atoms with van der Waals surface area (Å²) in [5.74, 6) is 0.256. The lowest BCUT2D eigenvalue weighted by Crippen LogP contribution is -2.11. The number of rotatable bonds is 4. The Morgan fingerprint density at radius 1 is 1.00 bits per heavy atom. The molecule has 0 aliphatic rings. The molecule has 0 aromatic heterocycles. The largest absolute Gasteiger partial charge is 0.392 e. The van der Waals surface area contributed by atoms with Gasteiger partial charge in [-0.05, 0) is 23.6 Å². The minimum Gasteiger partial charge on any atom is -0.392 e. The van der Waals surface area contributed by atoms with Crippen LogP contribution < -0.4 is 0 Å². The third-order valence-corrected chi connectivity index (χ3v) is 3.47. The van der Waals surface area contributed by atoms with Gasteiger partial charge in [0.2, 0.25) is 0 Å². The van der Waals surface area contributed by atoms with E-state index in [1.165, 1.54) is 0 Å². The summed E-state index contributed by atoms with van der Waals surface area (Å²) in [5, 5.41) is 10.2. The molecule has 1 nitrogen and oxygen atoms in total. The number of aliphatic hydroxyl groups is 1. The van der Waals surface area contributed by atoms with Crippen molar-refractivity contribution in [1.29, 1.82) is 0 Å². The van der Waals surface area contributed by atoms with E-state index >= 15 is 0 Å². The predicted octanol–water partition coefficient (Wildman–Crippen LogP) is 4.15. The number of alkyl halides is 1. The van der Waals surface area contributed by atoms with Gasteiger partial charge in [0.1, 0.15) is 0 Å². The van der Waals surface area contributed by atoms with Crippen molar-refractivity contribution < 1.29 is 5.11 Å². The molecule has 0 amide bonds. The first-order chi connectivity index (χ1) is 8.70. The standard InChI is InChI=1S/C15H14Cl2O/c16-10-13(18)9-11-5-7-12(8-6-11)14-3-1-2-4-15(14)17/h1-8,13,18H,9-10H2. The number of aliphatic hydroxyl groups excluding tert-OH is 1. The molecule has 0 heterocycles. The van der Waals surface area contributed by atoms with Gasteiger partial charge in [-0.15, -0.1) is 11.6 Å². The normalized spacial score (nSPS) is 12.4. The van der Waals surface area contributed by atoms with Crippen LogP contribution in [0.3, 0.4) is 0 Å². The van der Waals surface area contributed by atoms with E-state index in [4.69, 9.17) is 23.2 Å². The molecule has 1 atom stereocenters. The maximum Gasteiger partial charge on any atom is 0.0715 e. The van der Waals surface area contributed by atoms with Gasteiger partial charge in [0, 0.05) is 16.5 Å². The van der Waals surface area contributed by atoms with Crippen LogP contribution in [0.4, 0.5) is 0 Å². The van der Waals surface area contributed by atoms with Gasteiger partial charge >= 0.3 is 0 Å². The van der Waals surface area contributed by atoms with Crippen molar-refractivity contribution >= 4 is 23.2 Å². The first kappa shape index (κ1) is 13.4. The van der Waals surface area contributed by atoms with Crippen LogP contribution in [0.1, 0.15) is 5.56 Å². The molecule has 2 aromatic carbocycles. The summed E-state index contributed by atoms with van der Waals surface area (Å²) in [7, 11) is 0. The Hall–Kier alpha value is -1.02. The smallest absolute Gasteiger partial charge is 0.0715 e. The van der Waals surface area contributed by atoms with Crippen molar-refractivity contribution in [3.8, 4) is 11.1 Å². The molecule has 0 radical (unpaired) electrons. The molecule has 0 saturated heterocycles. The number of benzene rings is 2. The van der Waals surface area contributed by atoms with Crippen molar-refractivity contribution in [3.63, 3.8) is 0 Å². The topological polar surface area (TPSA) is 20.2 Å². The Labute approximate surface area is 117 Å². The minimum atomic E-state index is -0.488. The quantitative estimate of drug-likeness (QED) is 0.835. The molecule has 3 heteroatoms. The SMILES string of the molecule is OC(CCl)Cc1ccc(-c2ccccc2Cl)cc1. The van der Waals surface area contributed by atoms with Crippen LogP contribution in [-0.4, -0.2) is 17.1 Å². The molecule has 18 heavy (non-hydrogen) atoms. The Morgan fingerprint density at radius 3 is 2.28 bits per heavy atom. The van der Waals surface area contributed by atoms with Crippen LogP contribution >= 0.6 is 23.2 Å². The lowest BCUT2D eigenvalue weighted by molar-refractivity contribution is 0.199. The highest BCUT2D eigenvalue weighted by molar-refractivity contribution is 6.33. The average molecular weight is 281 g/mol. The van der Waals surface area contributed by atoms with Crippen molar-refractivity contribution in [3.05, 3.63) is 59.1 Å². The monoisotopic (exact) mass is 280 g/mol. The molecule has 0 aliphatic carbocycles. The fraction of sp³-hybridized carbons (Fsp3) is 0.200. The van der Waals surface area contributed by atoms with E-state index in [9.17, 15) is 5.11 Å². The molecule has 0 fully saturated rings. The zero-order valence-electron chi connectivity index (χ0n) is 9.81. The summed E-state index contributed by atoms with van der Waals surface area (Å²) >= 11 is 11.7. The molecule has 0 spiro atoms. The maximum absolute atomic E-state index is 9.49. The molecule has 2 rings (SSSR count). The van der Waals surface area contributed by atoms with Gasteiger partial charge < -0.3 is 5.11 Å². The molecule has 0 bridgehead atoms. The fourth-order valence-corrected chi connectivity index (χ4v) is 2.20.